The second-order valence-electron chi connectivity index (χ2n) is 2.37. The van der Waals surface area contributed by atoms with Crippen LogP contribution < -0.4 is 0 Å². The van der Waals surface area contributed by atoms with Crippen LogP contribution in [-0.4, -0.2) is 9.78 Å². The maximum absolute atomic E-state index is 5.10. The van der Waals surface area contributed by atoms with Gasteiger partial charge in [-0.25, -0.2) is 0 Å². The van der Waals surface area contributed by atoms with Crippen LogP contribution in [0.1, 0.15) is 5.56 Å². The summed E-state index contributed by atoms with van der Waals surface area (Å²) < 4.78 is 2.12. The van der Waals surface area contributed by atoms with E-state index in [1.807, 2.05) is 6.26 Å². The van der Waals surface area contributed by atoms with Crippen LogP contribution in [0.5, 0.6) is 0 Å². The Bertz CT molecular complexity index is 281. The molecule has 4 heteroatoms. The molecule has 0 saturated carbocycles. The summed E-state index contributed by atoms with van der Waals surface area (Å²) in [5.74, 6) is 0.965. The Kier molecular flexibility index (Phi) is 5.39. The number of thiocarbonyl (C=S) groups is 1. The van der Waals surface area contributed by atoms with E-state index in [0.29, 0.717) is 0 Å². The zero-order valence-electron chi connectivity index (χ0n) is 7.12. The molecule has 13 heavy (non-hydrogen) atoms. The molecule has 0 N–H and O–H groups in total. The van der Waals surface area contributed by atoms with Crippen molar-refractivity contribution < 1.29 is 0 Å². The Hall–Kier alpha value is 0.490. The Morgan fingerprint density at radius 2 is 2.00 bits per heavy atom. The third-order valence-corrected chi connectivity index (χ3v) is 4.72. The highest BCUT2D eigenvalue weighted by Crippen LogP contribution is 2.20. The van der Waals surface area contributed by atoms with Gasteiger partial charge in [-0.15, -0.1) is 23.5 Å². The van der Waals surface area contributed by atoms with Crippen LogP contribution in [-0.2, 0) is 5.75 Å². The second-order valence-corrected chi connectivity index (χ2v) is 6.27. The monoisotopic (exact) mass is 292 g/mol. The topological polar surface area (TPSA) is 0 Å². The molecule has 70 valence electrons. The van der Waals surface area contributed by atoms with E-state index >= 15 is 0 Å². The lowest BCUT2D eigenvalue weighted by molar-refractivity contribution is 1.41. The molecule has 0 aliphatic rings. The molecule has 0 radical (unpaired) electrons. The van der Waals surface area contributed by atoms with Gasteiger partial charge in [0.1, 0.15) is 3.53 Å². The summed E-state index contributed by atoms with van der Waals surface area (Å²) in [5, 5.41) is 0. The van der Waals surface area contributed by atoms with Gasteiger partial charge in [-0.05, 0) is 24.0 Å². The third-order valence-electron chi connectivity index (χ3n) is 1.44. The number of rotatable bonds is 2. The van der Waals surface area contributed by atoms with Gasteiger partial charge in [-0.3, -0.25) is 0 Å². The Morgan fingerprint density at radius 3 is 2.54 bits per heavy atom. The summed E-state index contributed by atoms with van der Waals surface area (Å²) in [7, 11) is 0. The van der Waals surface area contributed by atoms with Crippen LogP contribution in [0.4, 0.5) is 0 Å². The molecular weight excluding hydrogens is 284 g/mol. The van der Waals surface area contributed by atoms with Crippen molar-refractivity contribution in [3.63, 3.8) is 0 Å². The molecule has 1 aromatic carbocycles. The maximum Gasteiger partial charge on any atom is 0.104 e. The highest BCUT2D eigenvalue weighted by Gasteiger charge is 1.97. The van der Waals surface area contributed by atoms with Crippen LogP contribution in [0.25, 0.3) is 0 Å². The molecule has 0 aliphatic heterocycles. The van der Waals surface area contributed by atoms with Gasteiger partial charge >= 0.3 is 0 Å². The second kappa shape index (κ2) is 6.06. The van der Waals surface area contributed by atoms with Gasteiger partial charge in [0.05, 0.1) is 0 Å². The van der Waals surface area contributed by atoms with Crippen molar-refractivity contribution in [2.24, 2.45) is 0 Å². The van der Waals surface area contributed by atoms with E-state index in [-0.39, 0.29) is 0 Å². The van der Waals surface area contributed by atoms with E-state index < -0.39 is 0 Å². The van der Waals surface area contributed by atoms with E-state index in [9.17, 15) is 0 Å². The summed E-state index contributed by atoms with van der Waals surface area (Å²) in [4.78, 5) is 0. The fraction of sp³-hybridized carbons (Fsp3) is 0.222. The Balaban J connectivity index is 2.46. The average Bonchev–Trinajstić information content (AvgIpc) is 2.16. The number of halogens is 1. The summed E-state index contributed by atoms with van der Waals surface area (Å²) in [6.45, 7) is 0. The van der Waals surface area contributed by atoms with Gasteiger partial charge in [0.15, 0.2) is 0 Å². The molecule has 0 saturated heterocycles. The molecule has 0 aromatic heterocycles. The minimum absolute atomic E-state index is 0.965. The zero-order chi connectivity index (χ0) is 9.68. The fourth-order valence-electron chi connectivity index (χ4n) is 0.782. The first-order valence-electron chi connectivity index (χ1n) is 3.67. The van der Waals surface area contributed by atoms with Crippen molar-refractivity contribution in [1.29, 1.82) is 0 Å². The zero-order valence-corrected chi connectivity index (χ0v) is 11.2. The largest absolute Gasteiger partial charge is 0.111 e. The number of benzene rings is 1. The van der Waals surface area contributed by atoms with E-state index in [4.69, 9.17) is 12.2 Å². The lowest BCUT2D eigenvalue weighted by Crippen LogP contribution is -1.83. The van der Waals surface area contributed by atoms with E-state index in [1.54, 1.807) is 23.5 Å². The van der Waals surface area contributed by atoms with Gasteiger partial charge in [0, 0.05) is 10.2 Å². The quantitative estimate of drug-likeness (QED) is 0.745. The lowest BCUT2D eigenvalue weighted by Gasteiger charge is -2.00. The van der Waals surface area contributed by atoms with Crippen LogP contribution >= 0.6 is 51.7 Å². The first kappa shape index (κ1) is 11.6. The highest BCUT2D eigenvalue weighted by atomic mass is 79.9. The summed E-state index contributed by atoms with van der Waals surface area (Å²) in [5.41, 5.74) is 1.31. The molecule has 0 amide bonds. The van der Waals surface area contributed by atoms with E-state index in [2.05, 4.69) is 40.2 Å². The third kappa shape index (κ3) is 4.49. The summed E-state index contributed by atoms with van der Waals surface area (Å²) >= 11 is 11.8. The highest BCUT2D eigenvalue weighted by molar-refractivity contribution is 9.10. The van der Waals surface area contributed by atoms with Crippen molar-refractivity contribution in [1.82, 2.24) is 0 Å². The fourth-order valence-corrected chi connectivity index (χ4v) is 2.35. The first-order valence-corrected chi connectivity index (χ1v) is 7.08. The Labute approximate surface area is 101 Å². The molecule has 0 bridgehead atoms. The van der Waals surface area contributed by atoms with Gasteiger partial charge in [-0.2, -0.15) is 0 Å². The van der Waals surface area contributed by atoms with Crippen molar-refractivity contribution in [2.45, 2.75) is 5.75 Å². The first-order chi connectivity index (χ1) is 6.22. The minimum Gasteiger partial charge on any atom is -0.111 e. The molecule has 0 spiro atoms. The molecule has 1 aromatic rings. The predicted molar refractivity (Wildman–Crippen MR) is 71.6 cm³/mol. The molecule has 0 unspecified atom stereocenters. The lowest BCUT2D eigenvalue weighted by atomic mass is 10.2. The number of hydrogen-bond acceptors (Lipinski definition) is 3. The summed E-state index contributed by atoms with van der Waals surface area (Å²) in [6.07, 6.45) is 2.01. The molecule has 0 aliphatic carbocycles. The van der Waals surface area contributed by atoms with Crippen LogP contribution in [0.3, 0.4) is 0 Å². The molecule has 1 rings (SSSR count). The van der Waals surface area contributed by atoms with Crippen LogP contribution in [0.2, 0.25) is 0 Å². The van der Waals surface area contributed by atoms with E-state index in [1.165, 1.54) is 5.56 Å². The SMILES string of the molecule is CSC(=S)SCc1ccc(Br)cc1. The number of hydrogen-bond donors (Lipinski definition) is 0. The van der Waals surface area contributed by atoms with Gasteiger partial charge in [0.2, 0.25) is 0 Å². The Morgan fingerprint density at radius 1 is 1.38 bits per heavy atom. The molecular formula is C9H9BrS3. The van der Waals surface area contributed by atoms with Crippen LogP contribution in [0, 0.1) is 0 Å². The van der Waals surface area contributed by atoms with Gasteiger partial charge in [-0.1, -0.05) is 40.3 Å². The predicted octanol–water partition coefficient (Wildman–Crippen LogP) is 4.33. The minimum atomic E-state index is 0.965. The van der Waals surface area contributed by atoms with Crippen LogP contribution in [0.15, 0.2) is 28.7 Å². The standard InChI is InChI=1S/C9H9BrS3/c1-12-9(11)13-6-7-2-4-8(10)5-3-7/h2-5H,6H2,1H3. The normalized spacial score (nSPS) is 10.0. The molecule has 0 fully saturated rings. The molecule has 0 nitrogen and oxygen atoms in total. The smallest absolute Gasteiger partial charge is 0.104 e. The molecule has 0 atom stereocenters. The average molecular weight is 293 g/mol. The van der Waals surface area contributed by atoms with Crippen molar-refractivity contribution in [3.8, 4) is 0 Å². The van der Waals surface area contributed by atoms with Gasteiger partial charge < -0.3 is 0 Å². The van der Waals surface area contributed by atoms with Gasteiger partial charge in [0.25, 0.3) is 0 Å². The van der Waals surface area contributed by atoms with Crippen molar-refractivity contribution >= 4 is 55.2 Å². The number of thioether (sulfide) groups is 2. The van der Waals surface area contributed by atoms with Crippen molar-refractivity contribution in [2.75, 3.05) is 6.26 Å². The molecule has 0 heterocycles. The summed E-state index contributed by atoms with van der Waals surface area (Å²) in [6, 6.07) is 8.33. The van der Waals surface area contributed by atoms with E-state index in [0.717, 1.165) is 13.8 Å². The van der Waals surface area contributed by atoms with Crippen molar-refractivity contribution in [3.05, 3.63) is 34.3 Å². The maximum atomic E-state index is 5.10.